The van der Waals surface area contributed by atoms with Crippen LogP contribution in [-0.2, 0) is 56.5 Å². The first kappa shape index (κ1) is 45.7. The second-order valence-corrected chi connectivity index (χ2v) is 16.9. The molecule has 278 valence electrons. The fourth-order valence-corrected chi connectivity index (χ4v) is 4.35. The van der Waals surface area contributed by atoms with Gasteiger partial charge in [-0.3, -0.25) is 0 Å². The highest BCUT2D eigenvalue weighted by molar-refractivity contribution is 6.74. The van der Waals surface area contributed by atoms with Crippen LogP contribution < -0.4 is 0 Å². The van der Waals surface area contributed by atoms with Crippen LogP contribution in [0.15, 0.2) is 0 Å². The SMILES string of the molecule is CCCCCOCCOCCOCCOCCOCCOCCOCCOCCOCCOCCOCCO[Si](C)(C)C(C)(C)C. The maximum absolute atomic E-state index is 6.08. The molecule has 0 rings (SSSR count). The summed E-state index contributed by atoms with van der Waals surface area (Å²) in [4.78, 5) is 0. The lowest BCUT2D eigenvalue weighted by molar-refractivity contribution is -0.0278. The first-order chi connectivity index (χ1) is 22.3. The molecule has 0 atom stereocenters. The van der Waals surface area contributed by atoms with Gasteiger partial charge in [0, 0.05) is 6.61 Å². The van der Waals surface area contributed by atoms with Crippen LogP contribution in [0.25, 0.3) is 0 Å². The molecule has 0 spiro atoms. The molecule has 0 amide bonds. The average molecular weight is 687 g/mol. The average Bonchev–Trinajstić information content (AvgIpc) is 3.02. The van der Waals surface area contributed by atoms with Crippen molar-refractivity contribution >= 4 is 8.32 Å². The van der Waals surface area contributed by atoms with Crippen LogP contribution in [0.2, 0.25) is 18.1 Å². The normalized spacial score (nSPS) is 12.4. The second kappa shape index (κ2) is 34.6. The van der Waals surface area contributed by atoms with E-state index in [1.807, 2.05) is 0 Å². The van der Waals surface area contributed by atoms with E-state index in [1.165, 1.54) is 12.8 Å². The molecule has 46 heavy (non-hydrogen) atoms. The number of unbranched alkanes of at least 4 members (excludes halogenated alkanes) is 2. The standard InChI is InChI=1S/C33H70O12Si/c1-7-8-9-10-34-11-12-35-13-14-36-15-16-37-17-18-38-19-20-39-21-22-40-23-24-41-25-26-42-27-28-43-29-30-44-31-32-45-46(5,6)33(2,3)4/h7-32H2,1-6H3. The van der Waals surface area contributed by atoms with Gasteiger partial charge in [-0.25, -0.2) is 0 Å². The van der Waals surface area contributed by atoms with E-state index in [2.05, 4.69) is 40.8 Å². The van der Waals surface area contributed by atoms with E-state index >= 15 is 0 Å². The van der Waals surface area contributed by atoms with Crippen LogP contribution in [0.5, 0.6) is 0 Å². The maximum Gasteiger partial charge on any atom is 0.192 e. The van der Waals surface area contributed by atoms with Crippen molar-refractivity contribution in [1.82, 2.24) is 0 Å². The van der Waals surface area contributed by atoms with Gasteiger partial charge in [-0.1, -0.05) is 40.5 Å². The molecule has 0 heterocycles. The minimum Gasteiger partial charge on any atom is -0.414 e. The molecule has 0 radical (unpaired) electrons. The van der Waals surface area contributed by atoms with Gasteiger partial charge in [-0.15, -0.1) is 0 Å². The molecule has 0 fully saturated rings. The van der Waals surface area contributed by atoms with Crippen molar-refractivity contribution in [2.45, 2.75) is 65.1 Å². The molecule has 0 aromatic carbocycles. The molecule has 0 aromatic rings. The van der Waals surface area contributed by atoms with Crippen LogP contribution in [0.1, 0.15) is 47.0 Å². The lowest BCUT2D eigenvalue weighted by Crippen LogP contribution is -2.41. The fourth-order valence-electron chi connectivity index (χ4n) is 3.33. The molecule has 0 aliphatic heterocycles. The minimum atomic E-state index is -1.69. The predicted octanol–water partition coefficient (Wildman–Crippen LogP) is 4.38. The summed E-state index contributed by atoms with van der Waals surface area (Å²) in [5.41, 5.74) is 0. The van der Waals surface area contributed by atoms with Crippen molar-refractivity contribution in [2.24, 2.45) is 0 Å². The van der Waals surface area contributed by atoms with Gasteiger partial charge in [0.2, 0.25) is 0 Å². The molecule has 0 unspecified atom stereocenters. The van der Waals surface area contributed by atoms with Crippen LogP contribution in [0.4, 0.5) is 0 Å². The van der Waals surface area contributed by atoms with Gasteiger partial charge in [0.05, 0.1) is 145 Å². The Bertz CT molecular complexity index is 595. The highest BCUT2D eigenvalue weighted by Crippen LogP contribution is 2.36. The Morgan fingerprint density at radius 2 is 0.543 bits per heavy atom. The lowest BCUT2D eigenvalue weighted by Gasteiger charge is -2.36. The molecular weight excluding hydrogens is 616 g/mol. The molecule has 0 aliphatic rings. The molecule has 0 aromatic heterocycles. The van der Waals surface area contributed by atoms with Gasteiger partial charge < -0.3 is 56.5 Å². The minimum absolute atomic E-state index is 0.219. The van der Waals surface area contributed by atoms with E-state index in [-0.39, 0.29) is 5.04 Å². The van der Waals surface area contributed by atoms with Gasteiger partial charge >= 0.3 is 0 Å². The van der Waals surface area contributed by atoms with Crippen molar-refractivity contribution in [2.75, 3.05) is 152 Å². The summed E-state index contributed by atoms with van der Waals surface area (Å²) >= 11 is 0. The summed E-state index contributed by atoms with van der Waals surface area (Å²) < 4.78 is 66.6. The summed E-state index contributed by atoms with van der Waals surface area (Å²) in [6.45, 7) is 26.3. The Morgan fingerprint density at radius 1 is 0.326 bits per heavy atom. The van der Waals surface area contributed by atoms with E-state index in [0.29, 0.717) is 145 Å². The third-order valence-corrected chi connectivity index (χ3v) is 11.6. The van der Waals surface area contributed by atoms with E-state index in [9.17, 15) is 0 Å². The van der Waals surface area contributed by atoms with Crippen LogP contribution in [0.3, 0.4) is 0 Å². The monoisotopic (exact) mass is 686 g/mol. The Labute approximate surface area is 281 Å². The molecule has 0 aliphatic carbocycles. The zero-order valence-corrected chi connectivity index (χ0v) is 31.3. The zero-order chi connectivity index (χ0) is 33.9. The van der Waals surface area contributed by atoms with Crippen LogP contribution in [0, 0.1) is 0 Å². The molecule has 0 saturated carbocycles. The molecule has 0 N–H and O–H groups in total. The first-order valence-electron chi connectivity index (χ1n) is 17.3. The zero-order valence-electron chi connectivity index (χ0n) is 30.3. The van der Waals surface area contributed by atoms with Crippen LogP contribution in [-0.4, -0.2) is 160 Å². The van der Waals surface area contributed by atoms with E-state index in [1.54, 1.807) is 0 Å². The van der Waals surface area contributed by atoms with Crippen LogP contribution >= 0.6 is 0 Å². The largest absolute Gasteiger partial charge is 0.414 e. The second-order valence-electron chi connectivity index (χ2n) is 12.1. The van der Waals surface area contributed by atoms with Gasteiger partial charge in [0.25, 0.3) is 0 Å². The number of hydrogen-bond donors (Lipinski definition) is 0. The summed E-state index contributed by atoms with van der Waals surface area (Å²) in [7, 11) is -1.69. The first-order valence-corrected chi connectivity index (χ1v) is 20.2. The Balaban J connectivity index is 3.11. The number of hydrogen-bond acceptors (Lipinski definition) is 12. The van der Waals surface area contributed by atoms with Crippen molar-refractivity contribution < 1.29 is 56.5 Å². The molecule has 13 heteroatoms. The molecule has 0 saturated heterocycles. The summed E-state index contributed by atoms with van der Waals surface area (Å²) in [5, 5.41) is 0.219. The van der Waals surface area contributed by atoms with Crippen molar-refractivity contribution in [3.8, 4) is 0 Å². The highest BCUT2D eigenvalue weighted by atomic mass is 28.4. The molecule has 12 nitrogen and oxygen atoms in total. The van der Waals surface area contributed by atoms with Gasteiger partial charge in [0.15, 0.2) is 8.32 Å². The Morgan fingerprint density at radius 3 is 0.761 bits per heavy atom. The molecular formula is C33H70O12Si. The maximum atomic E-state index is 6.08. The van der Waals surface area contributed by atoms with Crippen molar-refractivity contribution in [3.05, 3.63) is 0 Å². The summed E-state index contributed by atoms with van der Waals surface area (Å²) in [5.74, 6) is 0. The van der Waals surface area contributed by atoms with Gasteiger partial charge in [-0.05, 0) is 24.6 Å². The highest BCUT2D eigenvalue weighted by Gasteiger charge is 2.36. The van der Waals surface area contributed by atoms with Crippen molar-refractivity contribution in [3.63, 3.8) is 0 Å². The topological polar surface area (TPSA) is 111 Å². The Hall–Kier alpha value is -0.263. The van der Waals surface area contributed by atoms with E-state index in [4.69, 9.17) is 56.5 Å². The Kier molecular flexibility index (Phi) is 34.4. The van der Waals surface area contributed by atoms with Gasteiger partial charge in [-0.2, -0.15) is 0 Å². The molecule has 0 bridgehead atoms. The quantitative estimate of drug-likeness (QED) is 0.0679. The van der Waals surface area contributed by atoms with E-state index in [0.717, 1.165) is 13.0 Å². The lowest BCUT2D eigenvalue weighted by atomic mass is 10.2. The summed E-state index contributed by atoms with van der Waals surface area (Å²) in [6, 6.07) is 0. The third-order valence-electron chi connectivity index (χ3n) is 7.11. The fraction of sp³-hybridized carbons (Fsp3) is 1.00. The van der Waals surface area contributed by atoms with Gasteiger partial charge in [0.1, 0.15) is 0 Å². The van der Waals surface area contributed by atoms with Crippen molar-refractivity contribution in [1.29, 1.82) is 0 Å². The van der Waals surface area contributed by atoms with E-state index < -0.39 is 8.32 Å². The number of ether oxygens (including phenoxy) is 11. The smallest absolute Gasteiger partial charge is 0.192 e. The third kappa shape index (κ3) is 33.6. The predicted molar refractivity (Wildman–Crippen MR) is 182 cm³/mol. The number of rotatable bonds is 38. The summed E-state index contributed by atoms with van der Waals surface area (Å²) in [6.07, 6.45) is 3.55.